The molecule has 1 aliphatic heterocycles. The molecule has 0 radical (unpaired) electrons. The fraction of sp³-hybridized carbons (Fsp3) is 0.611. The Morgan fingerprint density at radius 1 is 1.39 bits per heavy atom. The Labute approximate surface area is 141 Å². The van der Waals surface area contributed by atoms with Crippen molar-refractivity contribution in [2.24, 2.45) is 5.92 Å². The van der Waals surface area contributed by atoms with Crippen LogP contribution in [0.4, 0.5) is 4.39 Å². The molecule has 3 atom stereocenters. The Bertz CT molecular complexity index is 566. The van der Waals surface area contributed by atoms with E-state index in [-0.39, 0.29) is 30.5 Å². The van der Waals surface area contributed by atoms with Crippen LogP contribution in [-0.2, 0) is 9.53 Å². The van der Waals surface area contributed by atoms with E-state index >= 15 is 0 Å². The van der Waals surface area contributed by atoms with Crippen LogP contribution in [-0.4, -0.2) is 24.4 Å². The second kappa shape index (κ2) is 7.67. The van der Waals surface area contributed by atoms with Gasteiger partial charge in [-0.3, -0.25) is 4.79 Å². The lowest BCUT2D eigenvalue weighted by Gasteiger charge is -2.28. The molecule has 1 aromatic carbocycles. The number of hydrogen-bond acceptors (Lipinski definition) is 3. The van der Waals surface area contributed by atoms with Gasteiger partial charge in [0.1, 0.15) is 12.4 Å². The highest BCUT2D eigenvalue weighted by molar-refractivity contribution is 7.99. The van der Waals surface area contributed by atoms with Gasteiger partial charge in [-0.05, 0) is 36.8 Å². The summed E-state index contributed by atoms with van der Waals surface area (Å²) in [6.07, 6.45) is 5.56. The van der Waals surface area contributed by atoms with Crippen LogP contribution in [0.5, 0.6) is 0 Å². The zero-order chi connectivity index (χ0) is 16.2. The van der Waals surface area contributed by atoms with E-state index in [1.165, 1.54) is 30.7 Å². The van der Waals surface area contributed by atoms with E-state index in [1.807, 2.05) is 6.07 Å². The topological polar surface area (TPSA) is 38.3 Å². The first-order valence-corrected chi connectivity index (χ1v) is 9.44. The first-order valence-electron chi connectivity index (χ1n) is 8.45. The summed E-state index contributed by atoms with van der Waals surface area (Å²) in [5.41, 5.74) is 0.890. The number of carbonyl (C=O) groups excluding carboxylic acids is 1. The molecule has 0 aromatic heterocycles. The van der Waals surface area contributed by atoms with Gasteiger partial charge < -0.3 is 10.1 Å². The van der Waals surface area contributed by atoms with Crippen LogP contribution in [0.25, 0.3) is 0 Å². The number of benzene rings is 1. The molecule has 1 aromatic rings. The number of halogens is 1. The molecule has 23 heavy (non-hydrogen) atoms. The lowest BCUT2D eigenvalue weighted by Crippen LogP contribution is -2.35. The maximum atomic E-state index is 13.9. The van der Waals surface area contributed by atoms with Gasteiger partial charge in [0.25, 0.3) is 0 Å². The van der Waals surface area contributed by atoms with Crippen molar-refractivity contribution in [2.45, 2.75) is 56.1 Å². The monoisotopic (exact) mass is 337 g/mol. The third-order valence-corrected chi connectivity index (χ3v) is 5.86. The molecule has 1 fully saturated rings. The SMILES string of the molecule is CC1CCCC(OCC(=O)NC2CCSc3c(F)cccc32)C1. The summed E-state index contributed by atoms with van der Waals surface area (Å²) in [6.45, 7) is 2.34. The molecule has 3 rings (SSSR count). The van der Waals surface area contributed by atoms with Gasteiger partial charge in [0.15, 0.2) is 0 Å². The third-order valence-electron chi connectivity index (χ3n) is 4.70. The van der Waals surface area contributed by atoms with E-state index in [4.69, 9.17) is 4.74 Å². The highest BCUT2D eigenvalue weighted by Gasteiger charge is 2.25. The quantitative estimate of drug-likeness (QED) is 0.900. The van der Waals surface area contributed by atoms with Gasteiger partial charge in [-0.15, -0.1) is 11.8 Å². The van der Waals surface area contributed by atoms with Crippen molar-refractivity contribution in [3.05, 3.63) is 29.6 Å². The van der Waals surface area contributed by atoms with Crippen LogP contribution in [0, 0.1) is 11.7 Å². The molecule has 0 saturated heterocycles. The summed E-state index contributed by atoms with van der Waals surface area (Å²) in [7, 11) is 0. The summed E-state index contributed by atoms with van der Waals surface area (Å²) < 4.78 is 19.6. The number of ether oxygens (including phenoxy) is 1. The molecule has 0 bridgehead atoms. The molecule has 1 heterocycles. The van der Waals surface area contributed by atoms with Crippen molar-refractivity contribution >= 4 is 17.7 Å². The molecular weight excluding hydrogens is 313 g/mol. The molecule has 2 aliphatic rings. The summed E-state index contributed by atoms with van der Waals surface area (Å²) in [4.78, 5) is 12.9. The minimum atomic E-state index is -0.195. The Morgan fingerprint density at radius 2 is 2.26 bits per heavy atom. The molecule has 1 N–H and O–H groups in total. The Kier molecular flexibility index (Phi) is 5.59. The highest BCUT2D eigenvalue weighted by Crippen LogP contribution is 2.37. The van der Waals surface area contributed by atoms with Gasteiger partial charge in [0.2, 0.25) is 5.91 Å². The highest BCUT2D eigenvalue weighted by atomic mass is 32.2. The minimum Gasteiger partial charge on any atom is -0.368 e. The maximum Gasteiger partial charge on any atom is 0.246 e. The van der Waals surface area contributed by atoms with E-state index in [9.17, 15) is 9.18 Å². The first kappa shape index (κ1) is 16.8. The summed E-state index contributed by atoms with van der Waals surface area (Å²) >= 11 is 1.52. The smallest absolute Gasteiger partial charge is 0.246 e. The number of hydrogen-bond donors (Lipinski definition) is 1. The van der Waals surface area contributed by atoms with Crippen LogP contribution in [0.2, 0.25) is 0 Å². The Balaban J connectivity index is 1.54. The van der Waals surface area contributed by atoms with Gasteiger partial charge in [-0.1, -0.05) is 31.9 Å². The summed E-state index contributed by atoms with van der Waals surface area (Å²) in [5.74, 6) is 1.20. The maximum absolute atomic E-state index is 13.9. The molecule has 3 nitrogen and oxygen atoms in total. The second-order valence-corrected chi connectivity index (χ2v) is 7.73. The van der Waals surface area contributed by atoms with E-state index in [0.29, 0.717) is 10.8 Å². The fourth-order valence-corrected chi connectivity index (χ4v) is 4.64. The van der Waals surface area contributed by atoms with Crippen LogP contribution >= 0.6 is 11.8 Å². The molecule has 5 heteroatoms. The molecule has 1 amide bonds. The number of fused-ring (bicyclic) bond motifs is 1. The number of carbonyl (C=O) groups is 1. The van der Waals surface area contributed by atoms with Gasteiger partial charge in [-0.2, -0.15) is 0 Å². The molecule has 3 unspecified atom stereocenters. The zero-order valence-electron chi connectivity index (χ0n) is 13.5. The van der Waals surface area contributed by atoms with E-state index < -0.39 is 0 Å². The second-order valence-electron chi connectivity index (χ2n) is 6.62. The van der Waals surface area contributed by atoms with Gasteiger partial charge in [-0.25, -0.2) is 4.39 Å². The van der Waals surface area contributed by atoms with Crippen LogP contribution in [0.3, 0.4) is 0 Å². The summed E-state index contributed by atoms with van der Waals surface area (Å²) in [5, 5.41) is 3.01. The third kappa shape index (κ3) is 4.27. The number of nitrogens with one attached hydrogen (secondary N) is 1. The molecule has 1 aliphatic carbocycles. The van der Waals surface area contributed by atoms with Crippen LogP contribution in [0.1, 0.15) is 50.6 Å². The number of amides is 1. The Hall–Kier alpha value is -1.07. The predicted octanol–water partition coefficient (Wildman–Crippen LogP) is 4.07. The zero-order valence-corrected chi connectivity index (χ0v) is 14.3. The van der Waals surface area contributed by atoms with Crippen molar-refractivity contribution in [3.8, 4) is 0 Å². The van der Waals surface area contributed by atoms with Crippen LogP contribution < -0.4 is 5.32 Å². The van der Waals surface area contributed by atoms with Gasteiger partial charge in [0, 0.05) is 10.6 Å². The van der Waals surface area contributed by atoms with E-state index in [1.54, 1.807) is 6.07 Å². The average Bonchev–Trinajstić information content (AvgIpc) is 2.54. The average molecular weight is 337 g/mol. The lowest BCUT2D eigenvalue weighted by atomic mass is 9.89. The minimum absolute atomic E-state index is 0.102. The van der Waals surface area contributed by atoms with Crippen molar-refractivity contribution in [2.75, 3.05) is 12.4 Å². The van der Waals surface area contributed by atoms with Crippen molar-refractivity contribution in [1.29, 1.82) is 0 Å². The molecule has 0 spiro atoms. The van der Waals surface area contributed by atoms with Crippen molar-refractivity contribution in [3.63, 3.8) is 0 Å². The molecule has 126 valence electrons. The molecular formula is C18H24FNO2S. The number of rotatable bonds is 4. The standard InChI is InChI=1S/C18H24FNO2S/c1-12-4-2-5-13(10-12)22-11-17(21)20-16-8-9-23-18-14(16)6-3-7-15(18)19/h3,6-7,12-13,16H,2,4-5,8-11H2,1H3,(H,20,21). The van der Waals surface area contributed by atoms with Crippen LogP contribution in [0.15, 0.2) is 23.1 Å². The van der Waals surface area contributed by atoms with Crippen molar-refractivity contribution in [1.82, 2.24) is 5.32 Å². The van der Waals surface area contributed by atoms with E-state index in [0.717, 1.165) is 30.6 Å². The van der Waals surface area contributed by atoms with Crippen molar-refractivity contribution < 1.29 is 13.9 Å². The fourth-order valence-electron chi connectivity index (χ4n) is 3.50. The number of thioether (sulfide) groups is 1. The summed E-state index contributed by atoms with van der Waals surface area (Å²) in [6, 6.07) is 4.98. The van der Waals surface area contributed by atoms with Gasteiger partial charge in [0.05, 0.1) is 12.1 Å². The van der Waals surface area contributed by atoms with E-state index in [2.05, 4.69) is 12.2 Å². The first-order chi connectivity index (χ1) is 11.1. The molecule has 1 saturated carbocycles. The normalized spacial score (nSPS) is 27.3. The Morgan fingerprint density at radius 3 is 3.09 bits per heavy atom. The van der Waals surface area contributed by atoms with Gasteiger partial charge >= 0.3 is 0 Å². The predicted molar refractivity (Wildman–Crippen MR) is 90.0 cm³/mol. The largest absolute Gasteiger partial charge is 0.368 e. The lowest BCUT2D eigenvalue weighted by molar-refractivity contribution is -0.129.